The van der Waals surface area contributed by atoms with Gasteiger partial charge in [0.1, 0.15) is 0 Å². The van der Waals surface area contributed by atoms with Gasteiger partial charge in [-0.2, -0.15) is 0 Å². The molecule has 4 nitrogen and oxygen atoms in total. The van der Waals surface area contributed by atoms with Crippen LogP contribution in [0.3, 0.4) is 0 Å². The first-order valence-electron chi connectivity index (χ1n) is 16.7. The number of rotatable bonds is 10. The zero-order valence-corrected chi connectivity index (χ0v) is 27.6. The fourth-order valence-corrected chi connectivity index (χ4v) is 8.41. The van der Waals surface area contributed by atoms with Crippen LogP contribution in [-0.2, 0) is 12.8 Å². The van der Waals surface area contributed by atoms with Crippen molar-refractivity contribution in [2.45, 2.75) is 89.1 Å². The molecule has 2 saturated carbocycles. The van der Waals surface area contributed by atoms with Gasteiger partial charge in [0.25, 0.3) is 0 Å². The molecule has 6 atom stereocenters. The molecule has 2 fully saturated rings. The molecule has 0 bridgehead atoms. The molecule has 5 rings (SSSR count). The van der Waals surface area contributed by atoms with E-state index in [0.29, 0.717) is 33.9 Å². The number of nitrogens with one attached hydrogen (secondary N) is 2. The van der Waals surface area contributed by atoms with E-state index in [9.17, 15) is 0 Å². The number of hydrogen-bond donors (Lipinski definition) is 4. The van der Waals surface area contributed by atoms with Crippen LogP contribution in [0.4, 0.5) is 0 Å². The molecule has 2 aliphatic rings. The molecule has 0 saturated heterocycles. The monoisotopic (exact) mass is 626 g/mol. The summed E-state index contributed by atoms with van der Waals surface area (Å²) in [5.74, 6) is 2.14. The van der Waals surface area contributed by atoms with E-state index in [1.54, 1.807) is 0 Å². The van der Waals surface area contributed by atoms with Crippen molar-refractivity contribution in [1.82, 2.24) is 10.6 Å². The Kier molecular flexibility index (Phi) is 12.1. The van der Waals surface area contributed by atoms with E-state index in [1.807, 2.05) is 0 Å². The van der Waals surface area contributed by atoms with Crippen LogP contribution >= 0.6 is 24.4 Å². The maximum absolute atomic E-state index is 6.26. The molecule has 6 unspecified atom stereocenters. The van der Waals surface area contributed by atoms with Gasteiger partial charge in [-0.3, -0.25) is 0 Å². The first-order chi connectivity index (χ1) is 21.5. The third-order valence-corrected chi connectivity index (χ3v) is 10.3. The Bertz CT molecular complexity index is 1230. The van der Waals surface area contributed by atoms with Gasteiger partial charge in [-0.05, 0) is 109 Å². The lowest BCUT2D eigenvalue weighted by molar-refractivity contribution is 0.293. The summed E-state index contributed by atoms with van der Waals surface area (Å²) in [7, 11) is 0. The van der Waals surface area contributed by atoms with E-state index in [-0.39, 0.29) is 12.1 Å². The van der Waals surface area contributed by atoms with E-state index in [4.69, 9.17) is 35.9 Å². The molecule has 2 aliphatic carbocycles. The summed E-state index contributed by atoms with van der Waals surface area (Å²) in [6, 6.07) is 30.9. The van der Waals surface area contributed by atoms with E-state index >= 15 is 0 Å². The number of nitrogens with two attached hydrogens (primary N) is 2. The Hall–Kier alpha value is -2.96. The summed E-state index contributed by atoms with van der Waals surface area (Å²) in [6.45, 7) is 0. The van der Waals surface area contributed by atoms with Crippen LogP contribution in [0.25, 0.3) is 0 Å². The average molecular weight is 627 g/mol. The lowest BCUT2D eigenvalue weighted by Gasteiger charge is -2.36. The first-order valence-corrected chi connectivity index (χ1v) is 17.6. The van der Waals surface area contributed by atoms with Crippen LogP contribution < -0.4 is 22.1 Å². The summed E-state index contributed by atoms with van der Waals surface area (Å²) in [6.07, 6.45) is 14.4. The molecule has 44 heavy (non-hydrogen) atoms. The first kappa shape index (κ1) is 32.4. The number of thiocarbonyl (C=S) groups is 2. The Morgan fingerprint density at radius 1 is 0.568 bits per heavy atom. The fraction of sp³-hybridized carbons (Fsp3) is 0.474. The molecule has 3 aromatic carbocycles. The lowest BCUT2D eigenvalue weighted by atomic mass is 9.77. The highest BCUT2D eigenvalue weighted by atomic mass is 32.1. The summed E-state index contributed by atoms with van der Waals surface area (Å²) in [4.78, 5) is 0. The zero-order chi connectivity index (χ0) is 30.7. The van der Waals surface area contributed by atoms with Gasteiger partial charge in [0.2, 0.25) is 0 Å². The number of benzene rings is 3. The molecule has 0 heterocycles. The van der Waals surface area contributed by atoms with Crippen molar-refractivity contribution in [3.05, 3.63) is 107 Å². The van der Waals surface area contributed by atoms with E-state index in [0.717, 1.165) is 38.5 Å². The second kappa shape index (κ2) is 16.4. The molecule has 0 amide bonds. The molecule has 0 aromatic heterocycles. The summed E-state index contributed by atoms with van der Waals surface area (Å²) >= 11 is 11.0. The third kappa shape index (κ3) is 9.28. The van der Waals surface area contributed by atoms with Crippen molar-refractivity contribution in [2.75, 3.05) is 0 Å². The number of hydrogen-bond acceptors (Lipinski definition) is 2. The highest BCUT2D eigenvalue weighted by Gasteiger charge is 2.34. The van der Waals surface area contributed by atoms with Crippen LogP contribution in [0, 0.1) is 23.7 Å². The van der Waals surface area contributed by atoms with Crippen molar-refractivity contribution < 1.29 is 0 Å². The van der Waals surface area contributed by atoms with Crippen molar-refractivity contribution in [1.29, 1.82) is 0 Å². The van der Waals surface area contributed by atoms with Gasteiger partial charge in [-0.1, -0.05) is 123 Å². The predicted octanol–water partition coefficient (Wildman–Crippen LogP) is 8.31. The van der Waals surface area contributed by atoms with Crippen LogP contribution in [0.5, 0.6) is 0 Å². The van der Waals surface area contributed by atoms with Gasteiger partial charge in [0, 0.05) is 0 Å². The standard InChI is InChI=1S/C38H50N4S2/c39-37(43)41-35(31-19-9-7-17-29(25-31)23-27-13-3-1-4-14-27)33-21-11-12-22-34(33)36(42-38(40)44)32-20-10-8-18-30(26-32)24-28-15-5-2-6-16-28/h1-6,11-16,21-22,29-32,35-36H,7-10,17-20,23-26H2,(H3,39,41,43)(H3,40,42,44). The van der Waals surface area contributed by atoms with Gasteiger partial charge >= 0.3 is 0 Å². The molecule has 0 radical (unpaired) electrons. The second-order valence-corrected chi connectivity index (χ2v) is 14.2. The molecule has 3 aromatic rings. The van der Waals surface area contributed by atoms with Crippen LogP contribution in [0.15, 0.2) is 84.9 Å². The Morgan fingerprint density at radius 2 is 0.932 bits per heavy atom. The van der Waals surface area contributed by atoms with Crippen LogP contribution in [0.2, 0.25) is 0 Å². The minimum absolute atomic E-state index is 0.0432. The second-order valence-electron chi connectivity index (χ2n) is 13.3. The Balaban J connectivity index is 1.44. The minimum atomic E-state index is 0.0432. The summed E-state index contributed by atoms with van der Waals surface area (Å²) < 4.78 is 0. The molecule has 6 N–H and O–H groups in total. The SMILES string of the molecule is NC(=S)NC(c1ccccc1C(NC(N)=S)C1CCCCC(Cc2ccccc2)C1)C1CCCCC(Cc2ccccc2)C1. The molecule has 0 spiro atoms. The fourth-order valence-electron chi connectivity index (χ4n) is 8.16. The topological polar surface area (TPSA) is 76.1 Å². The zero-order valence-electron chi connectivity index (χ0n) is 26.0. The maximum Gasteiger partial charge on any atom is 0.164 e. The van der Waals surface area contributed by atoms with Crippen molar-refractivity contribution in [3.8, 4) is 0 Å². The largest absolute Gasteiger partial charge is 0.376 e. The highest BCUT2D eigenvalue weighted by molar-refractivity contribution is 7.80. The molecule has 0 aliphatic heterocycles. The average Bonchev–Trinajstić information content (AvgIpc) is 3.40. The van der Waals surface area contributed by atoms with Gasteiger partial charge < -0.3 is 22.1 Å². The highest BCUT2D eigenvalue weighted by Crippen LogP contribution is 2.43. The van der Waals surface area contributed by atoms with Crippen molar-refractivity contribution in [2.24, 2.45) is 35.1 Å². The molecular weight excluding hydrogens is 577 g/mol. The Morgan fingerprint density at radius 3 is 1.32 bits per heavy atom. The minimum Gasteiger partial charge on any atom is -0.376 e. The molecule has 6 heteroatoms. The normalized spacial score (nSPS) is 23.8. The quantitative estimate of drug-likeness (QED) is 0.134. The van der Waals surface area contributed by atoms with Crippen LogP contribution in [0.1, 0.15) is 98.5 Å². The Labute approximate surface area is 275 Å². The van der Waals surface area contributed by atoms with Gasteiger partial charge in [-0.15, -0.1) is 0 Å². The summed E-state index contributed by atoms with van der Waals surface area (Å²) in [5, 5.41) is 7.93. The lowest BCUT2D eigenvalue weighted by Crippen LogP contribution is -2.41. The van der Waals surface area contributed by atoms with Gasteiger partial charge in [0.15, 0.2) is 10.2 Å². The van der Waals surface area contributed by atoms with Gasteiger partial charge in [-0.25, -0.2) is 0 Å². The van der Waals surface area contributed by atoms with E-state index in [2.05, 4.69) is 95.6 Å². The summed E-state index contributed by atoms with van der Waals surface area (Å²) in [5.41, 5.74) is 17.9. The molecular formula is C38H50N4S2. The van der Waals surface area contributed by atoms with E-state index in [1.165, 1.54) is 60.8 Å². The maximum atomic E-state index is 6.26. The predicted molar refractivity (Wildman–Crippen MR) is 192 cm³/mol. The third-order valence-electron chi connectivity index (χ3n) is 10.1. The van der Waals surface area contributed by atoms with Crippen molar-refractivity contribution in [3.63, 3.8) is 0 Å². The van der Waals surface area contributed by atoms with Gasteiger partial charge in [0.05, 0.1) is 12.1 Å². The molecule has 234 valence electrons. The van der Waals surface area contributed by atoms with Crippen molar-refractivity contribution >= 4 is 34.7 Å². The van der Waals surface area contributed by atoms with E-state index < -0.39 is 0 Å². The van der Waals surface area contributed by atoms with Crippen LogP contribution in [-0.4, -0.2) is 10.2 Å². The smallest absolute Gasteiger partial charge is 0.164 e.